The fourth-order valence-corrected chi connectivity index (χ4v) is 4.49. The Morgan fingerprint density at radius 2 is 1.48 bits per heavy atom. The number of amides is 3. The Bertz CT molecular complexity index is 997. The van der Waals surface area contributed by atoms with Crippen molar-refractivity contribution in [1.82, 2.24) is 9.21 Å². The summed E-state index contributed by atoms with van der Waals surface area (Å²) in [5, 5.41) is 5.45. The van der Waals surface area contributed by atoms with Crippen LogP contribution in [0.5, 0.6) is 0 Å². The van der Waals surface area contributed by atoms with Crippen LogP contribution in [0.4, 0.5) is 16.2 Å². The lowest BCUT2D eigenvalue weighted by Crippen LogP contribution is -2.51. The van der Waals surface area contributed by atoms with E-state index < -0.39 is 10.0 Å². The van der Waals surface area contributed by atoms with Gasteiger partial charge in [-0.25, -0.2) is 13.2 Å². The van der Waals surface area contributed by atoms with Crippen molar-refractivity contribution in [3.8, 4) is 0 Å². The summed E-state index contributed by atoms with van der Waals surface area (Å²) < 4.78 is 26.9. The Kier molecular flexibility index (Phi) is 6.19. The van der Waals surface area contributed by atoms with Gasteiger partial charge in [-0.05, 0) is 37.3 Å². The molecule has 0 radical (unpaired) electrons. The maximum absolute atomic E-state index is 12.8. The monoisotopic (exact) mass is 416 g/mol. The average molecular weight is 417 g/mol. The van der Waals surface area contributed by atoms with Gasteiger partial charge in [-0.2, -0.15) is 4.31 Å². The van der Waals surface area contributed by atoms with E-state index in [2.05, 4.69) is 10.6 Å². The molecule has 1 aliphatic rings. The minimum Gasteiger partial charge on any atom is -0.326 e. The molecule has 0 saturated carbocycles. The number of hydrogen-bond acceptors (Lipinski definition) is 4. The summed E-state index contributed by atoms with van der Waals surface area (Å²) in [6.45, 7) is 4.37. The van der Waals surface area contributed by atoms with Crippen LogP contribution in [0, 0.1) is 6.92 Å². The molecule has 0 unspecified atom stereocenters. The zero-order valence-corrected chi connectivity index (χ0v) is 17.2. The highest BCUT2D eigenvalue weighted by atomic mass is 32.2. The number of benzene rings is 2. The third-order valence-corrected chi connectivity index (χ3v) is 6.53. The van der Waals surface area contributed by atoms with E-state index in [0.717, 1.165) is 5.56 Å². The number of nitrogens with one attached hydrogen (secondary N) is 2. The molecule has 0 atom stereocenters. The summed E-state index contributed by atoms with van der Waals surface area (Å²) >= 11 is 0. The first-order chi connectivity index (χ1) is 13.8. The van der Waals surface area contributed by atoms with Crippen molar-refractivity contribution in [3.05, 3.63) is 54.1 Å². The maximum atomic E-state index is 12.8. The molecule has 2 N–H and O–H groups in total. The molecular weight excluding hydrogens is 392 g/mol. The van der Waals surface area contributed by atoms with Crippen LogP contribution in [-0.4, -0.2) is 55.7 Å². The molecule has 9 heteroatoms. The number of carbonyl (C=O) groups is 2. The summed E-state index contributed by atoms with van der Waals surface area (Å²) in [6, 6.07) is 13.3. The van der Waals surface area contributed by atoms with Gasteiger partial charge >= 0.3 is 6.03 Å². The normalized spacial score (nSPS) is 15.0. The molecule has 3 rings (SSSR count). The van der Waals surface area contributed by atoms with Crippen molar-refractivity contribution in [2.45, 2.75) is 18.7 Å². The molecule has 29 heavy (non-hydrogen) atoms. The third-order valence-electron chi connectivity index (χ3n) is 4.62. The molecule has 0 aliphatic carbocycles. The van der Waals surface area contributed by atoms with E-state index in [9.17, 15) is 18.0 Å². The highest BCUT2D eigenvalue weighted by Gasteiger charge is 2.30. The molecule has 0 aromatic heterocycles. The Morgan fingerprint density at radius 1 is 0.897 bits per heavy atom. The van der Waals surface area contributed by atoms with Gasteiger partial charge in [-0.1, -0.05) is 23.8 Å². The minimum absolute atomic E-state index is 0.195. The highest BCUT2D eigenvalue weighted by molar-refractivity contribution is 7.89. The number of urea groups is 1. The molecule has 1 saturated heterocycles. The second-order valence-corrected chi connectivity index (χ2v) is 8.83. The first kappa shape index (κ1) is 20.8. The number of aryl methyl sites for hydroxylation is 1. The van der Waals surface area contributed by atoms with Gasteiger partial charge in [0.25, 0.3) is 0 Å². The van der Waals surface area contributed by atoms with Gasteiger partial charge in [-0.15, -0.1) is 0 Å². The van der Waals surface area contributed by atoms with Crippen LogP contribution in [-0.2, 0) is 14.8 Å². The quantitative estimate of drug-likeness (QED) is 0.800. The van der Waals surface area contributed by atoms with Crippen LogP contribution in [0.25, 0.3) is 0 Å². The lowest BCUT2D eigenvalue weighted by molar-refractivity contribution is -0.114. The minimum atomic E-state index is -3.57. The highest BCUT2D eigenvalue weighted by Crippen LogP contribution is 2.19. The number of carbonyl (C=O) groups excluding carboxylic acids is 2. The first-order valence-electron chi connectivity index (χ1n) is 9.26. The molecule has 2 aromatic rings. The number of anilines is 2. The van der Waals surface area contributed by atoms with Gasteiger partial charge < -0.3 is 15.5 Å². The van der Waals surface area contributed by atoms with Crippen molar-refractivity contribution in [3.63, 3.8) is 0 Å². The van der Waals surface area contributed by atoms with Gasteiger partial charge in [0.05, 0.1) is 4.90 Å². The van der Waals surface area contributed by atoms with Crippen molar-refractivity contribution >= 4 is 33.3 Å². The Balaban J connectivity index is 1.59. The lowest BCUT2D eigenvalue weighted by Gasteiger charge is -2.34. The molecule has 8 nitrogen and oxygen atoms in total. The molecule has 2 aromatic carbocycles. The number of hydrogen-bond donors (Lipinski definition) is 2. The van der Waals surface area contributed by atoms with Crippen molar-refractivity contribution in [1.29, 1.82) is 0 Å². The molecule has 0 bridgehead atoms. The molecule has 0 spiro atoms. The summed E-state index contributed by atoms with van der Waals surface area (Å²) in [5.41, 5.74) is 2.13. The average Bonchev–Trinajstić information content (AvgIpc) is 2.68. The molecule has 1 heterocycles. The van der Waals surface area contributed by atoms with Gasteiger partial charge in [0.2, 0.25) is 15.9 Å². The molecule has 3 amide bonds. The van der Waals surface area contributed by atoms with Crippen LogP contribution in [0.3, 0.4) is 0 Å². The predicted octanol–water partition coefficient (Wildman–Crippen LogP) is 2.49. The molecular formula is C20H24N4O4S. The van der Waals surface area contributed by atoms with E-state index in [1.54, 1.807) is 53.4 Å². The Hall–Kier alpha value is -2.91. The standard InChI is InChI=1S/C20H24N4O4S/c1-15-6-8-19(9-7-15)29(27,28)24-12-10-23(11-13-24)20(26)22-18-5-3-4-17(14-18)21-16(2)25/h3-9,14H,10-13H2,1-2H3,(H,21,25)(H,22,26). The van der Waals surface area contributed by atoms with Crippen LogP contribution in [0.1, 0.15) is 12.5 Å². The fraction of sp³-hybridized carbons (Fsp3) is 0.300. The lowest BCUT2D eigenvalue weighted by atomic mass is 10.2. The second kappa shape index (κ2) is 8.62. The fourth-order valence-electron chi connectivity index (χ4n) is 3.07. The summed E-state index contributed by atoms with van der Waals surface area (Å²) in [7, 11) is -3.57. The second-order valence-electron chi connectivity index (χ2n) is 6.90. The van der Waals surface area contributed by atoms with E-state index >= 15 is 0 Å². The Labute approximate surface area is 170 Å². The van der Waals surface area contributed by atoms with E-state index in [1.807, 2.05) is 6.92 Å². The SMILES string of the molecule is CC(=O)Nc1cccc(NC(=O)N2CCN(S(=O)(=O)c3ccc(C)cc3)CC2)c1. The molecule has 1 aliphatic heterocycles. The maximum Gasteiger partial charge on any atom is 0.321 e. The Morgan fingerprint density at radius 3 is 2.07 bits per heavy atom. The van der Waals surface area contributed by atoms with Crippen molar-refractivity contribution in [2.75, 3.05) is 36.8 Å². The summed E-state index contributed by atoms with van der Waals surface area (Å²) in [4.78, 5) is 25.5. The van der Waals surface area contributed by atoms with Crippen LogP contribution < -0.4 is 10.6 Å². The predicted molar refractivity (Wildman–Crippen MR) is 111 cm³/mol. The third kappa shape index (κ3) is 5.12. The molecule has 154 valence electrons. The number of nitrogens with zero attached hydrogens (tertiary/aromatic N) is 2. The van der Waals surface area contributed by atoms with Gasteiger partial charge in [0.1, 0.15) is 0 Å². The number of sulfonamides is 1. The smallest absolute Gasteiger partial charge is 0.321 e. The number of piperazine rings is 1. The summed E-state index contributed by atoms with van der Waals surface area (Å²) in [6.07, 6.45) is 0. The zero-order chi connectivity index (χ0) is 21.0. The van der Waals surface area contributed by atoms with E-state index in [-0.39, 0.29) is 29.9 Å². The zero-order valence-electron chi connectivity index (χ0n) is 16.4. The first-order valence-corrected chi connectivity index (χ1v) is 10.7. The van der Waals surface area contributed by atoms with Crippen molar-refractivity contribution in [2.24, 2.45) is 0 Å². The van der Waals surface area contributed by atoms with Crippen LogP contribution >= 0.6 is 0 Å². The van der Waals surface area contributed by atoms with Crippen LogP contribution in [0.2, 0.25) is 0 Å². The largest absolute Gasteiger partial charge is 0.326 e. The summed E-state index contributed by atoms with van der Waals surface area (Å²) in [5.74, 6) is -0.195. The number of rotatable bonds is 4. The van der Waals surface area contributed by atoms with E-state index in [1.165, 1.54) is 11.2 Å². The molecule has 1 fully saturated rings. The van der Waals surface area contributed by atoms with Gasteiger partial charge in [0.15, 0.2) is 0 Å². The van der Waals surface area contributed by atoms with E-state index in [4.69, 9.17) is 0 Å². The topological polar surface area (TPSA) is 98.8 Å². The van der Waals surface area contributed by atoms with Gasteiger partial charge in [-0.3, -0.25) is 4.79 Å². The van der Waals surface area contributed by atoms with Gasteiger partial charge in [0, 0.05) is 44.5 Å². The van der Waals surface area contributed by atoms with E-state index in [0.29, 0.717) is 24.5 Å². The van der Waals surface area contributed by atoms with Crippen molar-refractivity contribution < 1.29 is 18.0 Å². The van der Waals surface area contributed by atoms with Crippen LogP contribution in [0.15, 0.2) is 53.4 Å².